The molecule has 2 aromatic rings. The third-order valence-corrected chi connectivity index (χ3v) is 3.01. The minimum atomic E-state index is 0.528. The number of nitrogens with one attached hydrogen (secondary N) is 1. The third-order valence-electron chi connectivity index (χ3n) is 2.74. The molecule has 0 spiro atoms. The van der Waals surface area contributed by atoms with Crippen molar-refractivity contribution in [3.8, 4) is 0 Å². The Hall–Kier alpha value is -1.81. The second-order valence-electron chi connectivity index (χ2n) is 3.96. The van der Waals surface area contributed by atoms with Gasteiger partial charge in [0.05, 0.1) is 6.20 Å². The Balaban J connectivity index is 2.45. The first-order chi connectivity index (χ1) is 8.63. The second kappa shape index (κ2) is 5.23. The van der Waals surface area contributed by atoms with E-state index in [0.717, 1.165) is 5.69 Å². The fourth-order valence-corrected chi connectivity index (χ4v) is 1.99. The van der Waals surface area contributed by atoms with Crippen molar-refractivity contribution in [2.45, 2.75) is 6.92 Å². The van der Waals surface area contributed by atoms with Crippen LogP contribution in [0.1, 0.15) is 5.56 Å². The molecule has 4 nitrogen and oxygen atoms in total. The molecule has 0 bridgehead atoms. The molecule has 0 unspecified atom stereocenters. The van der Waals surface area contributed by atoms with Crippen molar-refractivity contribution in [2.75, 3.05) is 24.3 Å². The van der Waals surface area contributed by atoms with Crippen molar-refractivity contribution in [1.29, 1.82) is 0 Å². The summed E-state index contributed by atoms with van der Waals surface area (Å²) in [5.74, 6) is 1.24. The lowest BCUT2D eigenvalue weighted by molar-refractivity contribution is 1.07. The van der Waals surface area contributed by atoms with Gasteiger partial charge in [-0.25, -0.2) is 4.98 Å². The molecule has 0 fully saturated rings. The molecule has 18 heavy (non-hydrogen) atoms. The van der Waals surface area contributed by atoms with Gasteiger partial charge in [0.15, 0.2) is 5.82 Å². The normalized spacial score (nSPS) is 10.2. The van der Waals surface area contributed by atoms with E-state index in [4.69, 9.17) is 11.6 Å². The van der Waals surface area contributed by atoms with Crippen LogP contribution in [0.25, 0.3) is 0 Å². The number of para-hydroxylation sites is 1. The molecule has 0 saturated carbocycles. The summed E-state index contributed by atoms with van der Waals surface area (Å²) in [4.78, 5) is 10.4. The SMILES string of the molecule is CNc1ncc(Cl)c(N(C)c2ccccc2C)n1. The van der Waals surface area contributed by atoms with Gasteiger partial charge in [-0.05, 0) is 18.6 Å². The standard InChI is InChI=1S/C13H15ClN4/c1-9-6-4-5-7-11(9)18(3)12-10(14)8-16-13(15-2)17-12/h4-8H,1-3H3,(H,15,16,17). The van der Waals surface area contributed by atoms with Gasteiger partial charge in [0.25, 0.3) is 0 Å². The highest BCUT2D eigenvalue weighted by Gasteiger charge is 2.12. The van der Waals surface area contributed by atoms with Gasteiger partial charge in [0.2, 0.25) is 5.95 Å². The fraction of sp³-hybridized carbons (Fsp3) is 0.231. The van der Waals surface area contributed by atoms with Crippen molar-refractivity contribution in [3.63, 3.8) is 0 Å². The van der Waals surface area contributed by atoms with Gasteiger partial charge in [-0.3, -0.25) is 0 Å². The zero-order valence-corrected chi connectivity index (χ0v) is 11.4. The Morgan fingerprint density at radius 3 is 2.67 bits per heavy atom. The molecule has 1 N–H and O–H groups in total. The largest absolute Gasteiger partial charge is 0.357 e. The molecular formula is C13H15ClN4. The van der Waals surface area contributed by atoms with Gasteiger partial charge in [-0.15, -0.1) is 0 Å². The van der Waals surface area contributed by atoms with E-state index in [9.17, 15) is 0 Å². The minimum Gasteiger partial charge on any atom is -0.357 e. The molecule has 0 atom stereocenters. The first-order valence-corrected chi connectivity index (χ1v) is 6.01. The molecule has 0 aliphatic carbocycles. The minimum absolute atomic E-state index is 0.528. The smallest absolute Gasteiger partial charge is 0.224 e. The molecule has 1 aromatic heterocycles. The molecule has 0 saturated heterocycles. The Morgan fingerprint density at radius 2 is 2.00 bits per heavy atom. The summed E-state index contributed by atoms with van der Waals surface area (Å²) < 4.78 is 0. The fourth-order valence-electron chi connectivity index (χ4n) is 1.77. The van der Waals surface area contributed by atoms with Gasteiger partial charge in [-0.1, -0.05) is 29.8 Å². The third kappa shape index (κ3) is 2.38. The summed E-state index contributed by atoms with van der Waals surface area (Å²) >= 11 is 6.16. The van der Waals surface area contributed by atoms with Crippen LogP contribution in [-0.2, 0) is 0 Å². The van der Waals surface area contributed by atoms with Crippen LogP contribution in [0.2, 0.25) is 5.02 Å². The molecule has 2 rings (SSSR count). The summed E-state index contributed by atoms with van der Waals surface area (Å²) in [5.41, 5.74) is 2.24. The Morgan fingerprint density at radius 1 is 1.28 bits per heavy atom. The first-order valence-electron chi connectivity index (χ1n) is 5.63. The zero-order chi connectivity index (χ0) is 13.1. The number of benzene rings is 1. The number of rotatable bonds is 3. The Bertz CT molecular complexity index is 556. The van der Waals surface area contributed by atoms with Crippen LogP contribution in [0.15, 0.2) is 30.5 Å². The average Bonchev–Trinajstić information content (AvgIpc) is 2.39. The van der Waals surface area contributed by atoms with Crippen LogP contribution >= 0.6 is 11.6 Å². The first kappa shape index (κ1) is 12.6. The maximum absolute atomic E-state index is 6.16. The van der Waals surface area contributed by atoms with E-state index in [1.165, 1.54) is 5.56 Å². The van der Waals surface area contributed by atoms with Crippen molar-refractivity contribution in [3.05, 3.63) is 41.0 Å². The highest BCUT2D eigenvalue weighted by molar-refractivity contribution is 6.33. The summed E-state index contributed by atoms with van der Waals surface area (Å²) in [6.45, 7) is 2.06. The van der Waals surface area contributed by atoms with E-state index >= 15 is 0 Å². The number of aryl methyl sites for hydroxylation is 1. The number of hydrogen-bond acceptors (Lipinski definition) is 4. The predicted molar refractivity (Wildman–Crippen MR) is 75.8 cm³/mol. The monoisotopic (exact) mass is 262 g/mol. The summed E-state index contributed by atoms with van der Waals surface area (Å²) in [5, 5.41) is 3.44. The second-order valence-corrected chi connectivity index (χ2v) is 4.37. The predicted octanol–water partition coefficient (Wildman–Crippen LogP) is 3.25. The maximum atomic E-state index is 6.16. The maximum Gasteiger partial charge on any atom is 0.224 e. The van der Waals surface area contributed by atoms with Gasteiger partial charge < -0.3 is 10.2 Å². The van der Waals surface area contributed by atoms with Crippen LogP contribution in [0.3, 0.4) is 0 Å². The molecule has 0 aliphatic heterocycles. The molecule has 94 valence electrons. The molecule has 1 aromatic carbocycles. The van der Waals surface area contributed by atoms with Crippen molar-refractivity contribution in [1.82, 2.24) is 9.97 Å². The number of nitrogens with zero attached hydrogens (tertiary/aromatic N) is 3. The lowest BCUT2D eigenvalue weighted by Gasteiger charge is -2.21. The Kier molecular flexibility index (Phi) is 3.67. The van der Waals surface area contributed by atoms with Crippen LogP contribution in [0.4, 0.5) is 17.5 Å². The van der Waals surface area contributed by atoms with E-state index < -0.39 is 0 Å². The van der Waals surface area contributed by atoms with Crippen LogP contribution < -0.4 is 10.2 Å². The van der Waals surface area contributed by atoms with E-state index in [1.54, 1.807) is 13.2 Å². The zero-order valence-electron chi connectivity index (χ0n) is 10.6. The molecule has 0 amide bonds. The van der Waals surface area contributed by atoms with Gasteiger partial charge in [0, 0.05) is 19.8 Å². The summed E-state index contributed by atoms with van der Waals surface area (Å²) in [6, 6.07) is 8.09. The van der Waals surface area contributed by atoms with E-state index in [2.05, 4.69) is 28.3 Å². The molecule has 1 heterocycles. The van der Waals surface area contributed by atoms with E-state index in [0.29, 0.717) is 16.8 Å². The number of hydrogen-bond donors (Lipinski definition) is 1. The molecule has 0 radical (unpaired) electrons. The van der Waals surface area contributed by atoms with Crippen LogP contribution in [0.5, 0.6) is 0 Å². The number of anilines is 3. The van der Waals surface area contributed by atoms with Crippen molar-refractivity contribution < 1.29 is 0 Å². The van der Waals surface area contributed by atoms with Crippen LogP contribution in [-0.4, -0.2) is 24.1 Å². The lowest BCUT2D eigenvalue weighted by atomic mass is 10.2. The average molecular weight is 263 g/mol. The highest BCUT2D eigenvalue weighted by atomic mass is 35.5. The van der Waals surface area contributed by atoms with Crippen molar-refractivity contribution in [2.24, 2.45) is 0 Å². The molecule has 5 heteroatoms. The van der Waals surface area contributed by atoms with Crippen molar-refractivity contribution >= 4 is 29.1 Å². The van der Waals surface area contributed by atoms with Gasteiger partial charge in [-0.2, -0.15) is 4.98 Å². The lowest BCUT2D eigenvalue weighted by Crippen LogP contribution is -2.14. The van der Waals surface area contributed by atoms with E-state index in [-0.39, 0.29) is 0 Å². The summed E-state index contributed by atoms with van der Waals surface area (Å²) in [6.07, 6.45) is 1.60. The highest BCUT2D eigenvalue weighted by Crippen LogP contribution is 2.30. The number of halogens is 1. The molecule has 0 aliphatic rings. The van der Waals surface area contributed by atoms with Gasteiger partial charge >= 0.3 is 0 Å². The van der Waals surface area contributed by atoms with E-state index in [1.807, 2.05) is 30.1 Å². The van der Waals surface area contributed by atoms with Crippen LogP contribution in [0, 0.1) is 6.92 Å². The van der Waals surface area contributed by atoms with Gasteiger partial charge in [0.1, 0.15) is 5.02 Å². The quantitative estimate of drug-likeness (QED) is 0.922. The topological polar surface area (TPSA) is 41.1 Å². The summed E-state index contributed by atoms with van der Waals surface area (Å²) in [7, 11) is 3.72. The Labute approximate surface area is 112 Å². The number of aromatic nitrogens is 2. The molecular weight excluding hydrogens is 248 g/mol.